The van der Waals surface area contributed by atoms with Crippen LogP contribution in [-0.4, -0.2) is 64.3 Å². The van der Waals surface area contributed by atoms with Gasteiger partial charge in [0.2, 0.25) is 5.88 Å². The average molecular weight is 277 g/mol. The molecule has 1 N–H and O–H groups in total. The third-order valence-corrected chi connectivity index (χ3v) is 3.34. The molecule has 0 radical (unpaired) electrons. The molecule has 106 valence electrons. The number of imide groups is 1. The van der Waals surface area contributed by atoms with E-state index in [0.29, 0.717) is 32.1 Å². The molecule has 20 heavy (non-hydrogen) atoms. The van der Waals surface area contributed by atoms with Gasteiger partial charge in [-0.2, -0.15) is 5.10 Å². The van der Waals surface area contributed by atoms with Gasteiger partial charge >= 0.3 is 12.1 Å². The molecule has 1 aromatic rings. The summed E-state index contributed by atoms with van der Waals surface area (Å²) in [7, 11) is 0. The van der Waals surface area contributed by atoms with Crippen molar-refractivity contribution in [3.8, 4) is 5.88 Å². The minimum absolute atomic E-state index is 0.110. The van der Waals surface area contributed by atoms with E-state index in [0.717, 1.165) is 6.42 Å². The van der Waals surface area contributed by atoms with Crippen molar-refractivity contribution in [2.24, 2.45) is 0 Å². The highest BCUT2D eigenvalue weighted by molar-refractivity contribution is 5.95. The van der Waals surface area contributed by atoms with Crippen LogP contribution in [0.4, 0.5) is 9.59 Å². The molecule has 2 fully saturated rings. The number of hydrogen-bond donors (Lipinski definition) is 1. The summed E-state index contributed by atoms with van der Waals surface area (Å²) < 4.78 is 5.66. The van der Waals surface area contributed by atoms with Gasteiger partial charge in [-0.3, -0.25) is 0 Å². The molecule has 3 heterocycles. The van der Waals surface area contributed by atoms with Crippen molar-refractivity contribution >= 4 is 12.1 Å². The number of nitrogens with one attached hydrogen (secondary N) is 1. The predicted molar refractivity (Wildman–Crippen MR) is 68.1 cm³/mol. The lowest BCUT2D eigenvalue weighted by Gasteiger charge is -2.21. The molecule has 0 spiro atoms. The lowest BCUT2D eigenvalue weighted by molar-refractivity contribution is 0.160. The summed E-state index contributed by atoms with van der Waals surface area (Å²) in [5.41, 5.74) is 0. The number of carbonyl (C=O) groups excluding carboxylic acids is 2. The van der Waals surface area contributed by atoms with Crippen LogP contribution >= 0.6 is 0 Å². The van der Waals surface area contributed by atoms with Gasteiger partial charge < -0.3 is 15.0 Å². The Bertz CT molecular complexity index is 509. The molecule has 1 aromatic heterocycles. The van der Waals surface area contributed by atoms with E-state index in [1.807, 2.05) is 0 Å². The number of urea groups is 2. The normalized spacial score (nSPS) is 22.0. The Kier molecular flexibility index (Phi) is 3.36. The number of nitrogens with zero attached hydrogens (tertiary/aromatic N) is 4. The number of amides is 4. The smallest absolute Gasteiger partial charge is 0.328 e. The highest BCUT2D eigenvalue weighted by atomic mass is 16.5. The number of carbonyl (C=O) groups is 2. The quantitative estimate of drug-likeness (QED) is 0.826. The van der Waals surface area contributed by atoms with E-state index < -0.39 is 0 Å². The Morgan fingerprint density at radius 2 is 2.35 bits per heavy atom. The lowest BCUT2D eigenvalue weighted by Crippen LogP contribution is -2.44. The third-order valence-electron chi connectivity index (χ3n) is 3.34. The first kappa shape index (κ1) is 12.6. The molecular weight excluding hydrogens is 262 g/mol. The monoisotopic (exact) mass is 277 g/mol. The summed E-state index contributed by atoms with van der Waals surface area (Å²) in [4.78, 5) is 26.5. The molecule has 0 bridgehead atoms. The second-order valence-electron chi connectivity index (χ2n) is 4.70. The largest absolute Gasteiger partial charge is 0.471 e. The van der Waals surface area contributed by atoms with E-state index in [-0.39, 0.29) is 18.2 Å². The fraction of sp³-hybridized carbons (Fsp3) is 0.500. The van der Waals surface area contributed by atoms with Gasteiger partial charge in [0.15, 0.2) is 0 Å². The first-order valence-corrected chi connectivity index (χ1v) is 6.52. The molecule has 0 aliphatic carbocycles. The SMILES string of the molecule is O=C1NCCN1C(=O)N1CCC(Oc2cccnn2)C1. The Balaban J connectivity index is 1.57. The number of rotatable bonds is 2. The first-order chi connectivity index (χ1) is 9.74. The Hall–Kier alpha value is -2.38. The highest BCUT2D eigenvalue weighted by Crippen LogP contribution is 2.17. The minimum Gasteiger partial charge on any atom is -0.471 e. The van der Waals surface area contributed by atoms with Gasteiger partial charge in [0.1, 0.15) is 6.10 Å². The summed E-state index contributed by atoms with van der Waals surface area (Å²) in [5.74, 6) is 0.450. The van der Waals surface area contributed by atoms with E-state index in [4.69, 9.17) is 4.74 Å². The van der Waals surface area contributed by atoms with Crippen LogP contribution in [0.15, 0.2) is 18.3 Å². The van der Waals surface area contributed by atoms with Gasteiger partial charge in [-0.25, -0.2) is 14.5 Å². The second kappa shape index (κ2) is 5.32. The number of ether oxygens (including phenoxy) is 1. The summed E-state index contributed by atoms with van der Waals surface area (Å²) in [6, 6.07) is 2.89. The highest BCUT2D eigenvalue weighted by Gasteiger charge is 2.35. The van der Waals surface area contributed by atoms with E-state index in [9.17, 15) is 9.59 Å². The molecule has 8 nitrogen and oxygen atoms in total. The maximum Gasteiger partial charge on any atom is 0.328 e. The minimum atomic E-state index is -0.326. The maximum absolute atomic E-state index is 12.2. The zero-order valence-electron chi connectivity index (χ0n) is 10.9. The first-order valence-electron chi connectivity index (χ1n) is 6.52. The van der Waals surface area contributed by atoms with E-state index in [1.165, 1.54) is 4.90 Å². The van der Waals surface area contributed by atoms with Crippen LogP contribution in [-0.2, 0) is 0 Å². The lowest BCUT2D eigenvalue weighted by atomic mass is 10.3. The zero-order valence-corrected chi connectivity index (χ0v) is 10.9. The fourth-order valence-corrected chi connectivity index (χ4v) is 2.34. The van der Waals surface area contributed by atoms with Crippen molar-refractivity contribution in [1.82, 2.24) is 25.3 Å². The van der Waals surface area contributed by atoms with Crippen LogP contribution in [0.5, 0.6) is 5.88 Å². The molecule has 0 aromatic carbocycles. The zero-order chi connectivity index (χ0) is 13.9. The summed E-state index contributed by atoms with van der Waals surface area (Å²) >= 11 is 0. The van der Waals surface area contributed by atoms with E-state index >= 15 is 0 Å². The van der Waals surface area contributed by atoms with Crippen molar-refractivity contribution in [2.45, 2.75) is 12.5 Å². The van der Waals surface area contributed by atoms with Crippen molar-refractivity contribution in [2.75, 3.05) is 26.2 Å². The van der Waals surface area contributed by atoms with Crippen molar-refractivity contribution in [3.63, 3.8) is 0 Å². The molecule has 8 heteroatoms. The van der Waals surface area contributed by atoms with Gasteiger partial charge in [0.25, 0.3) is 0 Å². The van der Waals surface area contributed by atoms with E-state index in [1.54, 1.807) is 23.2 Å². The molecule has 4 amide bonds. The van der Waals surface area contributed by atoms with Crippen LogP contribution in [0.2, 0.25) is 0 Å². The number of likely N-dealkylation sites (tertiary alicyclic amines) is 1. The van der Waals surface area contributed by atoms with Gasteiger partial charge in [-0.1, -0.05) is 0 Å². The van der Waals surface area contributed by atoms with Crippen LogP contribution in [0.1, 0.15) is 6.42 Å². The van der Waals surface area contributed by atoms with Crippen LogP contribution in [0.25, 0.3) is 0 Å². The van der Waals surface area contributed by atoms with Crippen LogP contribution in [0.3, 0.4) is 0 Å². The van der Waals surface area contributed by atoms with Gasteiger partial charge in [-0.15, -0.1) is 5.10 Å². The Morgan fingerprint density at radius 1 is 1.45 bits per heavy atom. The van der Waals surface area contributed by atoms with E-state index in [2.05, 4.69) is 15.5 Å². The Labute approximate surface area is 115 Å². The summed E-state index contributed by atoms with van der Waals surface area (Å²) in [5, 5.41) is 10.2. The average Bonchev–Trinajstić information content (AvgIpc) is 3.08. The molecule has 2 aliphatic rings. The molecule has 2 aliphatic heterocycles. The third kappa shape index (κ3) is 2.49. The van der Waals surface area contributed by atoms with Crippen molar-refractivity contribution in [3.05, 3.63) is 18.3 Å². The van der Waals surface area contributed by atoms with Crippen LogP contribution in [0, 0.1) is 0 Å². The van der Waals surface area contributed by atoms with Crippen LogP contribution < -0.4 is 10.1 Å². The standard InChI is InChI=1S/C12H15N5O3/c18-11-13-5-7-17(11)12(19)16-6-3-9(8-16)20-10-2-1-4-14-15-10/h1-2,4,9H,3,5-8H2,(H,13,18). The Morgan fingerprint density at radius 3 is 3.05 bits per heavy atom. The van der Waals surface area contributed by atoms with Crippen molar-refractivity contribution in [1.29, 1.82) is 0 Å². The maximum atomic E-state index is 12.2. The van der Waals surface area contributed by atoms with Gasteiger partial charge in [0.05, 0.1) is 6.54 Å². The second-order valence-corrected chi connectivity index (χ2v) is 4.70. The van der Waals surface area contributed by atoms with Crippen molar-refractivity contribution < 1.29 is 14.3 Å². The number of hydrogen-bond acceptors (Lipinski definition) is 5. The summed E-state index contributed by atoms with van der Waals surface area (Å²) in [6.07, 6.45) is 2.18. The molecule has 1 atom stereocenters. The number of aromatic nitrogens is 2. The topological polar surface area (TPSA) is 87.7 Å². The predicted octanol–water partition coefficient (Wildman–Crippen LogP) is 0.0749. The molecule has 2 saturated heterocycles. The summed E-state index contributed by atoms with van der Waals surface area (Å²) in [6.45, 7) is 1.97. The molecule has 3 rings (SSSR count). The van der Waals surface area contributed by atoms with Gasteiger partial charge in [0, 0.05) is 38.3 Å². The fourth-order valence-electron chi connectivity index (χ4n) is 2.34. The van der Waals surface area contributed by atoms with Gasteiger partial charge in [-0.05, 0) is 6.07 Å². The molecular formula is C12H15N5O3. The molecule has 1 unspecified atom stereocenters. The molecule has 0 saturated carbocycles.